The van der Waals surface area contributed by atoms with E-state index in [0.29, 0.717) is 22.4 Å². The summed E-state index contributed by atoms with van der Waals surface area (Å²) in [5.74, 6) is 0.549. The van der Waals surface area contributed by atoms with Crippen molar-refractivity contribution in [3.05, 3.63) is 110 Å². The third-order valence-corrected chi connectivity index (χ3v) is 7.30. The summed E-state index contributed by atoms with van der Waals surface area (Å²) >= 11 is 8.57. The van der Waals surface area contributed by atoms with Crippen molar-refractivity contribution in [2.75, 3.05) is 0 Å². The number of halogens is 2. The van der Waals surface area contributed by atoms with E-state index < -0.39 is 0 Å². The molecule has 0 aromatic heterocycles. The molecule has 0 saturated carbocycles. The van der Waals surface area contributed by atoms with Crippen molar-refractivity contribution in [2.45, 2.75) is 6.61 Å². The summed E-state index contributed by atoms with van der Waals surface area (Å²) in [7, 11) is 0. The number of carbonyl (C=O) groups excluding carboxylic acids is 1. The highest BCUT2D eigenvalue weighted by atomic mass is 79.9. The molecule has 0 atom stereocenters. The lowest BCUT2D eigenvalue weighted by Gasteiger charge is -2.13. The van der Waals surface area contributed by atoms with Gasteiger partial charge in [0.1, 0.15) is 12.4 Å². The average Bonchev–Trinajstić information content (AvgIpc) is 3.17. The second-order valence-corrected chi connectivity index (χ2v) is 10.3. The maximum atomic E-state index is 12.5. The number of aliphatic imine (C=N–C) groups is 1. The smallest absolute Gasteiger partial charge is 0.264 e. The summed E-state index contributed by atoms with van der Waals surface area (Å²) in [4.78, 5) is 17.5. The average molecular weight is 594 g/mol. The van der Waals surface area contributed by atoms with Crippen LogP contribution in [0, 0.1) is 0 Å². The summed E-state index contributed by atoms with van der Waals surface area (Å²) in [6, 6.07) is 27.9. The summed E-state index contributed by atoms with van der Waals surface area (Å²) in [5, 5.41) is 5.75. The quantitative estimate of drug-likeness (QED) is 0.240. The molecule has 168 valence electrons. The number of amidine groups is 1. The van der Waals surface area contributed by atoms with Crippen LogP contribution in [0.1, 0.15) is 11.1 Å². The van der Waals surface area contributed by atoms with Crippen molar-refractivity contribution in [2.24, 2.45) is 4.99 Å². The summed E-state index contributed by atoms with van der Waals surface area (Å²) < 4.78 is 7.78. The van der Waals surface area contributed by atoms with E-state index in [2.05, 4.69) is 66.4 Å². The van der Waals surface area contributed by atoms with Crippen molar-refractivity contribution in [1.29, 1.82) is 0 Å². The highest BCUT2D eigenvalue weighted by Gasteiger charge is 2.24. The lowest BCUT2D eigenvalue weighted by molar-refractivity contribution is -0.115. The highest BCUT2D eigenvalue weighted by molar-refractivity contribution is 9.11. The zero-order valence-electron chi connectivity index (χ0n) is 17.8. The molecule has 1 aliphatic rings. The van der Waals surface area contributed by atoms with Crippen molar-refractivity contribution in [3.63, 3.8) is 0 Å². The Bertz CT molecular complexity index is 1420. The Balaban J connectivity index is 1.34. The van der Waals surface area contributed by atoms with Gasteiger partial charge in [-0.05, 0) is 95.9 Å². The summed E-state index contributed by atoms with van der Waals surface area (Å²) in [5.41, 5.74) is 2.78. The second kappa shape index (κ2) is 10.2. The predicted octanol–water partition coefficient (Wildman–Crippen LogP) is 7.84. The van der Waals surface area contributed by atoms with Crippen LogP contribution in [0.2, 0.25) is 0 Å². The lowest BCUT2D eigenvalue weighted by Crippen LogP contribution is -2.19. The van der Waals surface area contributed by atoms with Gasteiger partial charge >= 0.3 is 0 Å². The van der Waals surface area contributed by atoms with E-state index in [4.69, 9.17) is 4.74 Å². The van der Waals surface area contributed by atoms with Gasteiger partial charge in [-0.2, -0.15) is 0 Å². The van der Waals surface area contributed by atoms with Gasteiger partial charge in [0, 0.05) is 0 Å². The maximum absolute atomic E-state index is 12.5. The minimum absolute atomic E-state index is 0.164. The van der Waals surface area contributed by atoms with Crippen LogP contribution >= 0.6 is 43.6 Å². The van der Waals surface area contributed by atoms with E-state index in [1.54, 1.807) is 0 Å². The van der Waals surface area contributed by atoms with Gasteiger partial charge in [0.15, 0.2) is 5.17 Å². The number of amides is 1. The first-order chi connectivity index (χ1) is 16.6. The number of hydrogen-bond donors (Lipinski definition) is 1. The Morgan fingerprint density at radius 3 is 2.41 bits per heavy atom. The molecule has 5 rings (SSSR count). The van der Waals surface area contributed by atoms with Crippen molar-refractivity contribution in [3.8, 4) is 5.75 Å². The molecule has 7 heteroatoms. The first kappa shape index (κ1) is 22.9. The van der Waals surface area contributed by atoms with Crippen LogP contribution in [0.5, 0.6) is 5.75 Å². The zero-order valence-corrected chi connectivity index (χ0v) is 21.8. The summed E-state index contributed by atoms with van der Waals surface area (Å²) in [6.45, 7) is 0.441. The number of nitrogens with one attached hydrogen (secondary N) is 1. The molecule has 4 aromatic rings. The molecule has 1 fully saturated rings. The molecule has 1 heterocycles. The molecular formula is C27H18Br2N2O2S. The molecule has 4 nitrogen and oxygen atoms in total. The standard InChI is InChI=1S/C27H18Br2N2O2S/c28-22-13-17(15-24-26(32)31-27(34-24)30-20-10-2-1-3-11-20)14-23(29)25(22)33-16-19-9-6-8-18-7-4-5-12-21(18)19/h1-15H,16H2,(H,30,31,32)/b24-15-. The van der Waals surface area contributed by atoms with E-state index in [-0.39, 0.29) is 5.91 Å². The Labute approximate surface area is 218 Å². The van der Waals surface area contributed by atoms with Gasteiger partial charge in [-0.3, -0.25) is 4.79 Å². The summed E-state index contributed by atoms with van der Waals surface area (Å²) in [6.07, 6.45) is 1.84. The number of ether oxygens (including phenoxy) is 1. The number of carbonyl (C=O) groups is 1. The number of benzene rings is 4. The van der Waals surface area contributed by atoms with Gasteiger partial charge < -0.3 is 10.1 Å². The number of rotatable bonds is 5. The zero-order chi connectivity index (χ0) is 23.5. The minimum Gasteiger partial charge on any atom is -0.487 e. The second-order valence-electron chi connectivity index (χ2n) is 7.56. The monoisotopic (exact) mass is 592 g/mol. The van der Waals surface area contributed by atoms with Gasteiger partial charge in [-0.15, -0.1) is 0 Å². The maximum Gasteiger partial charge on any atom is 0.264 e. The van der Waals surface area contributed by atoms with Crippen molar-refractivity contribution in [1.82, 2.24) is 5.32 Å². The van der Waals surface area contributed by atoms with E-state index in [0.717, 1.165) is 25.8 Å². The normalized spacial score (nSPS) is 15.8. The van der Waals surface area contributed by atoms with Crippen molar-refractivity contribution < 1.29 is 9.53 Å². The molecule has 0 spiro atoms. The first-order valence-corrected chi connectivity index (χ1v) is 12.9. The Morgan fingerprint density at radius 2 is 1.62 bits per heavy atom. The van der Waals surface area contributed by atoms with E-state index in [1.165, 1.54) is 22.5 Å². The topological polar surface area (TPSA) is 50.7 Å². The number of fused-ring (bicyclic) bond motifs is 1. The van der Waals surface area contributed by atoms with Gasteiger partial charge in [-0.25, -0.2) is 4.99 Å². The molecule has 34 heavy (non-hydrogen) atoms. The molecule has 1 aliphatic heterocycles. The molecule has 0 bridgehead atoms. The van der Waals surface area contributed by atoms with E-state index in [9.17, 15) is 4.79 Å². The molecule has 0 aliphatic carbocycles. The predicted molar refractivity (Wildman–Crippen MR) is 147 cm³/mol. The van der Waals surface area contributed by atoms with Gasteiger partial charge in [0.2, 0.25) is 0 Å². The fourth-order valence-corrected chi connectivity index (χ4v) is 5.91. The molecular weight excluding hydrogens is 576 g/mol. The highest BCUT2D eigenvalue weighted by Crippen LogP contribution is 2.37. The first-order valence-electron chi connectivity index (χ1n) is 10.5. The Morgan fingerprint density at radius 1 is 0.912 bits per heavy atom. The Kier molecular flexibility index (Phi) is 6.85. The van der Waals surface area contributed by atoms with Crippen LogP contribution in [-0.4, -0.2) is 11.1 Å². The van der Waals surface area contributed by atoms with E-state index >= 15 is 0 Å². The largest absolute Gasteiger partial charge is 0.487 e. The van der Waals surface area contributed by atoms with Crippen LogP contribution in [0.15, 0.2) is 104 Å². The Hall–Kier alpha value is -2.87. The van der Waals surface area contributed by atoms with Gasteiger partial charge in [-0.1, -0.05) is 60.7 Å². The molecule has 0 unspecified atom stereocenters. The minimum atomic E-state index is -0.164. The van der Waals surface area contributed by atoms with Crippen LogP contribution in [0.3, 0.4) is 0 Å². The number of para-hydroxylation sites is 1. The number of hydrogen-bond acceptors (Lipinski definition) is 4. The third-order valence-electron chi connectivity index (χ3n) is 5.21. The molecule has 0 radical (unpaired) electrons. The number of nitrogens with zero attached hydrogens (tertiary/aromatic N) is 1. The van der Waals surface area contributed by atoms with Crippen LogP contribution in [0.25, 0.3) is 16.8 Å². The van der Waals surface area contributed by atoms with Crippen LogP contribution < -0.4 is 10.1 Å². The number of thioether (sulfide) groups is 1. The van der Waals surface area contributed by atoms with Crippen LogP contribution in [-0.2, 0) is 11.4 Å². The van der Waals surface area contributed by atoms with Crippen molar-refractivity contribution >= 4 is 77.2 Å². The fourth-order valence-electron chi connectivity index (χ4n) is 3.62. The van der Waals surface area contributed by atoms with E-state index in [1.807, 2.05) is 66.7 Å². The molecule has 1 amide bonds. The molecule has 1 N–H and O–H groups in total. The molecule has 4 aromatic carbocycles. The third kappa shape index (κ3) is 5.12. The fraction of sp³-hybridized carbons (Fsp3) is 0.0370. The van der Waals surface area contributed by atoms with Gasteiger partial charge in [0.25, 0.3) is 5.91 Å². The van der Waals surface area contributed by atoms with Gasteiger partial charge in [0.05, 0.1) is 19.5 Å². The SMILES string of the molecule is O=C1NC(=Nc2ccccc2)S/C1=C\c1cc(Br)c(OCc2cccc3ccccc23)c(Br)c1. The van der Waals surface area contributed by atoms with Crippen LogP contribution in [0.4, 0.5) is 5.69 Å². The molecule has 1 saturated heterocycles. The lowest BCUT2D eigenvalue weighted by atomic mass is 10.1.